The number of nitrogens with two attached hydrogens (primary N) is 1. The standard InChI is InChI=1S/C12H18ClNOS/c1-9(14)7-10-3-4-12(11(13)8-10)15-5-6-16-2/h3-4,8-9H,5-7,14H2,1-2H3. The van der Waals surface area contributed by atoms with E-state index in [1.807, 2.05) is 25.1 Å². The second-order valence-electron chi connectivity index (χ2n) is 3.79. The molecule has 1 atom stereocenters. The van der Waals surface area contributed by atoms with E-state index >= 15 is 0 Å². The van der Waals surface area contributed by atoms with Crippen molar-refractivity contribution in [3.05, 3.63) is 28.8 Å². The zero-order valence-electron chi connectivity index (χ0n) is 9.70. The third kappa shape index (κ3) is 4.64. The maximum absolute atomic E-state index is 6.12. The third-order valence-electron chi connectivity index (χ3n) is 2.10. The van der Waals surface area contributed by atoms with Crippen LogP contribution < -0.4 is 10.5 Å². The van der Waals surface area contributed by atoms with E-state index in [0.29, 0.717) is 11.6 Å². The van der Waals surface area contributed by atoms with Crippen molar-refractivity contribution in [2.45, 2.75) is 19.4 Å². The summed E-state index contributed by atoms with van der Waals surface area (Å²) in [7, 11) is 0. The Morgan fingerprint density at radius 1 is 1.50 bits per heavy atom. The second kappa shape index (κ2) is 7.05. The molecule has 0 fully saturated rings. The molecule has 0 amide bonds. The van der Waals surface area contributed by atoms with E-state index < -0.39 is 0 Å². The largest absolute Gasteiger partial charge is 0.491 e. The lowest BCUT2D eigenvalue weighted by Crippen LogP contribution is -2.17. The number of thioether (sulfide) groups is 1. The van der Waals surface area contributed by atoms with E-state index in [4.69, 9.17) is 22.1 Å². The van der Waals surface area contributed by atoms with Crippen LogP contribution in [0.4, 0.5) is 0 Å². The monoisotopic (exact) mass is 259 g/mol. The minimum absolute atomic E-state index is 0.152. The topological polar surface area (TPSA) is 35.2 Å². The number of halogens is 1. The number of ether oxygens (including phenoxy) is 1. The molecule has 1 rings (SSSR count). The summed E-state index contributed by atoms with van der Waals surface area (Å²) < 4.78 is 5.55. The van der Waals surface area contributed by atoms with Crippen molar-refractivity contribution in [3.63, 3.8) is 0 Å². The number of rotatable bonds is 6. The van der Waals surface area contributed by atoms with Crippen molar-refractivity contribution in [2.24, 2.45) is 5.73 Å². The molecule has 0 spiro atoms. The van der Waals surface area contributed by atoms with Crippen LogP contribution in [-0.2, 0) is 6.42 Å². The molecule has 0 aromatic heterocycles. The van der Waals surface area contributed by atoms with E-state index in [-0.39, 0.29) is 6.04 Å². The molecule has 0 radical (unpaired) electrons. The SMILES string of the molecule is CSCCOc1ccc(CC(C)N)cc1Cl. The van der Waals surface area contributed by atoms with Crippen molar-refractivity contribution >= 4 is 23.4 Å². The van der Waals surface area contributed by atoms with E-state index in [1.54, 1.807) is 11.8 Å². The predicted molar refractivity (Wildman–Crippen MR) is 72.7 cm³/mol. The average Bonchev–Trinajstić information content (AvgIpc) is 2.20. The van der Waals surface area contributed by atoms with Gasteiger partial charge in [0.25, 0.3) is 0 Å². The maximum Gasteiger partial charge on any atom is 0.137 e. The summed E-state index contributed by atoms with van der Waals surface area (Å²) in [6.45, 7) is 2.67. The molecular formula is C12H18ClNOS. The molecule has 0 aliphatic carbocycles. The van der Waals surface area contributed by atoms with Gasteiger partial charge in [0.2, 0.25) is 0 Å². The summed E-state index contributed by atoms with van der Waals surface area (Å²) >= 11 is 7.87. The van der Waals surface area contributed by atoms with Gasteiger partial charge >= 0.3 is 0 Å². The van der Waals surface area contributed by atoms with Crippen LogP contribution in [0.5, 0.6) is 5.75 Å². The number of hydrogen-bond acceptors (Lipinski definition) is 3. The van der Waals surface area contributed by atoms with Gasteiger partial charge in [0.05, 0.1) is 11.6 Å². The first-order chi connectivity index (χ1) is 7.63. The van der Waals surface area contributed by atoms with Crippen molar-refractivity contribution in [3.8, 4) is 5.75 Å². The molecule has 16 heavy (non-hydrogen) atoms. The van der Waals surface area contributed by atoms with Crippen molar-refractivity contribution in [2.75, 3.05) is 18.6 Å². The summed E-state index contributed by atoms with van der Waals surface area (Å²) in [4.78, 5) is 0. The zero-order valence-corrected chi connectivity index (χ0v) is 11.3. The first-order valence-electron chi connectivity index (χ1n) is 5.29. The van der Waals surface area contributed by atoms with Gasteiger partial charge in [0, 0.05) is 11.8 Å². The van der Waals surface area contributed by atoms with Gasteiger partial charge in [-0.3, -0.25) is 0 Å². The summed E-state index contributed by atoms with van der Waals surface area (Å²) in [6.07, 6.45) is 2.89. The van der Waals surface area contributed by atoms with Crippen molar-refractivity contribution in [1.82, 2.24) is 0 Å². The normalized spacial score (nSPS) is 12.5. The van der Waals surface area contributed by atoms with Crippen LogP contribution >= 0.6 is 23.4 Å². The molecule has 0 bridgehead atoms. The lowest BCUT2D eigenvalue weighted by Gasteiger charge is -2.10. The number of benzene rings is 1. The average molecular weight is 260 g/mol. The molecule has 2 nitrogen and oxygen atoms in total. The lowest BCUT2D eigenvalue weighted by atomic mass is 10.1. The summed E-state index contributed by atoms with van der Waals surface area (Å²) in [5.41, 5.74) is 6.88. The predicted octanol–water partition coefficient (Wildman–Crippen LogP) is 2.97. The second-order valence-corrected chi connectivity index (χ2v) is 5.18. The van der Waals surface area contributed by atoms with E-state index in [0.717, 1.165) is 23.5 Å². The smallest absolute Gasteiger partial charge is 0.137 e. The fourth-order valence-corrected chi connectivity index (χ4v) is 1.90. The van der Waals surface area contributed by atoms with Crippen molar-refractivity contribution in [1.29, 1.82) is 0 Å². The van der Waals surface area contributed by atoms with Gasteiger partial charge in [-0.05, 0) is 37.3 Å². The highest BCUT2D eigenvalue weighted by Gasteiger charge is 2.04. The van der Waals surface area contributed by atoms with Gasteiger partial charge in [-0.1, -0.05) is 17.7 Å². The van der Waals surface area contributed by atoms with Gasteiger partial charge in [-0.25, -0.2) is 0 Å². The Kier molecular flexibility index (Phi) is 6.03. The highest BCUT2D eigenvalue weighted by atomic mass is 35.5. The highest BCUT2D eigenvalue weighted by Crippen LogP contribution is 2.26. The van der Waals surface area contributed by atoms with Crippen LogP contribution in [0, 0.1) is 0 Å². The molecule has 2 N–H and O–H groups in total. The number of hydrogen-bond donors (Lipinski definition) is 1. The molecule has 1 aromatic carbocycles. The molecule has 1 unspecified atom stereocenters. The van der Waals surface area contributed by atoms with Crippen LogP contribution in [0.3, 0.4) is 0 Å². The lowest BCUT2D eigenvalue weighted by molar-refractivity contribution is 0.344. The Bertz CT molecular complexity index is 331. The van der Waals surface area contributed by atoms with Gasteiger partial charge in [0.1, 0.15) is 5.75 Å². The van der Waals surface area contributed by atoms with Crippen molar-refractivity contribution < 1.29 is 4.74 Å². The molecule has 0 saturated heterocycles. The Hall–Kier alpha value is -0.380. The first-order valence-corrected chi connectivity index (χ1v) is 7.06. The molecule has 0 heterocycles. The fraction of sp³-hybridized carbons (Fsp3) is 0.500. The highest BCUT2D eigenvalue weighted by molar-refractivity contribution is 7.98. The Labute approximate surface area is 107 Å². The molecular weight excluding hydrogens is 242 g/mol. The Morgan fingerprint density at radius 3 is 2.81 bits per heavy atom. The minimum Gasteiger partial charge on any atom is -0.491 e. The van der Waals surface area contributed by atoms with Gasteiger partial charge in [0.15, 0.2) is 0 Å². The molecule has 0 aliphatic heterocycles. The van der Waals surface area contributed by atoms with E-state index in [1.165, 1.54) is 0 Å². The van der Waals surface area contributed by atoms with Crippen LogP contribution in [0.25, 0.3) is 0 Å². The van der Waals surface area contributed by atoms with Crippen LogP contribution in [0.2, 0.25) is 5.02 Å². The fourth-order valence-electron chi connectivity index (χ4n) is 1.40. The van der Waals surface area contributed by atoms with E-state index in [9.17, 15) is 0 Å². The molecule has 0 aliphatic rings. The quantitative estimate of drug-likeness (QED) is 0.798. The summed E-state index contributed by atoms with van der Waals surface area (Å²) in [5.74, 6) is 1.72. The van der Waals surface area contributed by atoms with Crippen LogP contribution in [0.15, 0.2) is 18.2 Å². The third-order valence-corrected chi connectivity index (χ3v) is 2.97. The zero-order chi connectivity index (χ0) is 12.0. The Balaban J connectivity index is 2.60. The summed E-state index contributed by atoms with van der Waals surface area (Å²) in [5, 5.41) is 0.666. The van der Waals surface area contributed by atoms with Crippen LogP contribution in [0.1, 0.15) is 12.5 Å². The van der Waals surface area contributed by atoms with E-state index in [2.05, 4.69) is 6.26 Å². The van der Waals surface area contributed by atoms with Crippen LogP contribution in [-0.4, -0.2) is 24.7 Å². The minimum atomic E-state index is 0.152. The summed E-state index contributed by atoms with van der Waals surface area (Å²) in [6, 6.07) is 6.02. The van der Waals surface area contributed by atoms with Gasteiger partial charge in [-0.2, -0.15) is 11.8 Å². The Morgan fingerprint density at radius 2 is 2.25 bits per heavy atom. The van der Waals surface area contributed by atoms with Gasteiger partial charge < -0.3 is 10.5 Å². The first kappa shape index (κ1) is 13.7. The molecule has 90 valence electrons. The maximum atomic E-state index is 6.12. The molecule has 4 heteroatoms. The molecule has 1 aromatic rings. The van der Waals surface area contributed by atoms with Gasteiger partial charge in [-0.15, -0.1) is 0 Å². The molecule has 0 saturated carbocycles.